The van der Waals surface area contributed by atoms with Gasteiger partial charge in [-0.2, -0.15) is 0 Å². The minimum atomic E-state index is -0.986. The maximum absolute atomic E-state index is 12.1. The molecule has 0 atom stereocenters. The van der Waals surface area contributed by atoms with Crippen LogP contribution in [0.25, 0.3) is 6.08 Å². The molecule has 0 aliphatic heterocycles. The zero-order valence-corrected chi connectivity index (χ0v) is 13.0. The SMILES string of the molecule is CC1(CNC(=O)c2ccc(/C=C/C(=O)O)s2)CCCCC1. The fraction of sp³-hybridized carbons (Fsp3) is 0.500. The Balaban J connectivity index is 1.90. The predicted octanol–water partition coefficient (Wildman–Crippen LogP) is 3.55. The molecule has 1 aliphatic carbocycles. The van der Waals surface area contributed by atoms with Gasteiger partial charge in [0.2, 0.25) is 0 Å². The predicted molar refractivity (Wildman–Crippen MR) is 84.5 cm³/mol. The topological polar surface area (TPSA) is 66.4 Å². The molecule has 0 bridgehead atoms. The lowest BCUT2D eigenvalue weighted by atomic mass is 9.76. The molecule has 1 saturated carbocycles. The largest absolute Gasteiger partial charge is 0.478 e. The summed E-state index contributed by atoms with van der Waals surface area (Å²) in [7, 11) is 0. The summed E-state index contributed by atoms with van der Waals surface area (Å²) in [5.74, 6) is -1.05. The minimum Gasteiger partial charge on any atom is -0.478 e. The third-order valence-electron chi connectivity index (χ3n) is 3.98. The number of carbonyl (C=O) groups is 2. The van der Waals surface area contributed by atoms with Crippen molar-refractivity contribution in [1.82, 2.24) is 5.32 Å². The van der Waals surface area contributed by atoms with Gasteiger partial charge in [-0.25, -0.2) is 4.79 Å². The highest BCUT2D eigenvalue weighted by atomic mass is 32.1. The second-order valence-electron chi connectivity index (χ2n) is 5.93. The van der Waals surface area contributed by atoms with E-state index in [1.807, 2.05) is 0 Å². The third kappa shape index (κ3) is 4.70. The number of nitrogens with one attached hydrogen (secondary N) is 1. The lowest BCUT2D eigenvalue weighted by molar-refractivity contribution is -0.131. The number of carboxylic acid groups (broad SMARTS) is 1. The lowest BCUT2D eigenvalue weighted by Crippen LogP contribution is -2.36. The van der Waals surface area contributed by atoms with Crippen molar-refractivity contribution in [3.63, 3.8) is 0 Å². The van der Waals surface area contributed by atoms with Crippen LogP contribution in [-0.2, 0) is 4.79 Å². The summed E-state index contributed by atoms with van der Waals surface area (Å²) in [6.07, 6.45) is 8.72. The van der Waals surface area contributed by atoms with Crippen LogP contribution < -0.4 is 5.32 Å². The van der Waals surface area contributed by atoms with E-state index in [9.17, 15) is 9.59 Å². The molecule has 5 heteroatoms. The van der Waals surface area contributed by atoms with Gasteiger partial charge in [-0.05, 0) is 36.5 Å². The van der Waals surface area contributed by atoms with E-state index in [0.717, 1.165) is 11.0 Å². The Hall–Kier alpha value is -1.62. The van der Waals surface area contributed by atoms with Crippen molar-refractivity contribution in [1.29, 1.82) is 0 Å². The zero-order valence-electron chi connectivity index (χ0n) is 12.2. The standard InChI is InChI=1S/C16H21NO3S/c1-16(9-3-2-4-10-16)11-17-15(20)13-7-5-12(21-13)6-8-14(18)19/h5-8H,2-4,9-11H2,1H3,(H,17,20)(H,18,19)/b8-6+. The first-order valence-electron chi connectivity index (χ1n) is 7.28. The van der Waals surface area contributed by atoms with E-state index in [1.165, 1.54) is 49.5 Å². The van der Waals surface area contributed by atoms with Gasteiger partial charge in [0, 0.05) is 17.5 Å². The molecule has 114 valence electrons. The van der Waals surface area contributed by atoms with E-state index in [1.54, 1.807) is 12.1 Å². The Bertz CT molecular complexity index is 541. The first-order valence-corrected chi connectivity index (χ1v) is 8.09. The monoisotopic (exact) mass is 307 g/mol. The summed E-state index contributed by atoms with van der Waals surface area (Å²) in [6, 6.07) is 3.51. The average Bonchev–Trinajstić information content (AvgIpc) is 2.92. The fourth-order valence-corrected chi connectivity index (χ4v) is 3.51. The Morgan fingerprint density at radius 1 is 1.33 bits per heavy atom. The number of hydrogen-bond donors (Lipinski definition) is 2. The highest BCUT2D eigenvalue weighted by Crippen LogP contribution is 2.35. The molecule has 0 spiro atoms. The highest BCUT2D eigenvalue weighted by Gasteiger charge is 2.27. The number of hydrogen-bond acceptors (Lipinski definition) is 3. The van der Waals surface area contributed by atoms with Crippen molar-refractivity contribution < 1.29 is 14.7 Å². The van der Waals surface area contributed by atoms with Gasteiger partial charge in [0.25, 0.3) is 5.91 Å². The van der Waals surface area contributed by atoms with E-state index in [2.05, 4.69) is 12.2 Å². The van der Waals surface area contributed by atoms with Crippen LogP contribution in [0.3, 0.4) is 0 Å². The maximum atomic E-state index is 12.1. The third-order valence-corrected chi connectivity index (χ3v) is 5.03. The molecule has 0 aromatic carbocycles. The number of carboxylic acids is 1. The van der Waals surface area contributed by atoms with Crippen molar-refractivity contribution in [2.45, 2.75) is 39.0 Å². The minimum absolute atomic E-state index is 0.0678. The Labute approximate surface area is 128 Å². The first kappa shape index (κ1) is 15.8. The zero-order chi connectivity index (χ0) is 15.3. The molecule has 21 heavy (non-hydrogen) atoms. The number of thiophene rings is 1. The Morgan fingerprint density at radius 3 is 2.71 bits per heavy atom. The van der Waals surface area contributed by atoms with E-state index in [0.29, 0.717) is 11.4 Å². The van der Waals surface area contributed by atoms with E-state index >= 15 is 0 Å². The van der Waals surface area contributed by atoms with Crippen LogP contribution in [0.4, 0.5) is 0 Å². The second kappa shape index (κ2) is 6.89. The molecule has 1 amide bonds. The molecule has 1 aromatic heterocycles. The molecular formula is C16H21NO3S. The number of rotatable bonds is 5. The summed E-state index contributed by atoms with van der Waals surface area (Å²) >= 11 is 1.31. The Kier molecular flexibility index (Phi) is 5.17. The van der Waals surface area contributed by atoms with Gasteiger partial charge in [-0.3, -0.25) is 4.79 Å². The van der Waals surface area contributed by atoms with Gasteiger partial charge in [-0.15, -0.1) is 11.3 Å². The second-order valence-corrected chi connectivity index (χ2v) is 7.04. The molecule has 0 unspecified atom stereocenters. The smallest absolute Gasteiger partial charge is 0.328 e. The lowest BCUT2D eigenvalue weighted by Gasteiger charge is -2.33. The van der Waals surface area contributed by atoms with Gasteiger partial charge in [-0.1, -0.05) is 26.2 Å². The summed E-state index contributed by atoms with van der Waals surface area (Å²) in [5.41, 5.74) is 0.219. The van der Waals surface area contributed by atoms with Crippen LogP contribution in [0, 0.1) is 5.41 Å². The van der Waals surface area contributed by atoms with Gasteiger partial charge in [0.15, 0.2) is 0 Å². The molecule has 2 rings (SSSR count). The highest BCUT2D eigenvalue weighted by molar-refractivity contribution is 7.14. The molecule has 4 nitrogen and oxygen atoms in total. The van der Waals surface area contributed by atoms with Crippen molar-refractivity contribution in [2.75, 3.05) is 6.54 Å². The molecule has 1 aliphatic rings. The molecule has 1 aromatic rings. The fourth-order valence-electron chi connectivity index (χ4n) is 2.68. The molecule has 0 saturated heterocycles. The number of amides is 1. The van der Waals surface area contributed by atoms with E-state index < -0.39 is 5.97 Å². The van der Waals surface area contributed by atoms with Crippen molar-refractivity contribution in [2.24, 2.45) is 5.41 Å². The van der Waals surface area contributed by atoms with Crippen LogP contribution in [0.5, 0.6) is 0 Å². The van der Waals surface area contributed by atoms with Gasteiger partial charge in [0.1, 0.15) is 0 Å². The van der Waals surface area contributed by atoms with Gasteiger partial charge < -0.3 is 10.4 Å². The van der Waals surface area contributed by atoms with E-state index in [-0.39, 0.29) is 11.3 Å². The van der Waals surface area contributed by atoms with E-state index in [4.69, 9.17) is 5.11 Å². The Morgan fingerprint density at radius 2 is 2.05 bits per heavy atom. The summed E-state index contributed by atoms with van der Waals surface area (Å²) in [4.78, 5) is 24.0. The normalized spacial score (nSPS) is 17.8. The van der Waals surface area contributed by atoms with Crippen molar-refractivity contribution in [3.05, 3.63) is 28.0 Å². The molecule has 1 heterocycles. The van der Waals surface area contributed by atoms with Gasteiger partial charge >= 0.3 is 5.97 Å². The van der Waals surface area contributed by atoms with Crippen LogP contribution in [-0.4, -0.2) is 23.5 Å². The average molecular weight is 307 g/mol. The summed E-state index contributed by atoms with van der Waals surface area (Å²) in [5, 5.41) is 11.6. The van der Waals surface area contributed by atoms with Crippen molar-refractivity contribution in [3.8, 4) is 0 Å². The summed E-state index contributed by atoms with van der Waals surface area (Å²) in [6.45, 7) is 2.95. The maximum Gasteiger partial charge on any atom is 0.328 e. The first-order chi connectivity index (χ1) is 9.98. The van der Waals surface area contributed by atoms with Crippen LogP contribution in [0.15, 0.2) is 18.2 Å². The van der Waals surface area contributed by atoms with Gasteiger partial charge in [0.05, 0.1) is 4.88 Å². The van der Waals surface area contributed by atoms with Crippen molar-refractivity contribution >= 4 is 29.3 Å². The summed E-state index contributed by atoms with van der Waals surface area (Å²) < 4.78 is 0. The molecular weight excluding hydrogens is 286 g/mol. The number of carbonyl (C=O) groups excluding carboxylic acids is 1. The number of aliphatic carboxylic acids is 1. The molecule has 0 radical (unpaired) electrons. The van der Waals surface area contributed by atoms with Crippen LogP contribution in [0.2, 0.25) is 0 Å². The molecule has 1 fully saturated rings. The van der Waals surface area contributed by atoms with Crippen LogP contribution in [0.1, 0.15) is 53.6 Å². The quantitative estimate of drug-likeness (QED) is 0.818. The van der Waals surface area contributed by atoms with Crippen LogP contribution >= 0.6 is 11.3 Å². The molecule has 2 N–H and O–H groups in total.